The van der Waals surface area contributed by atoms with E-state index in [-0.39, 0.29) is 5.91 Å². The third-order valence-corrected chi connectivity index (χ3v) is 2.98. The van der Waals surface area contributed by atoms with Gasteiger partial charge in [-0.15, -0.1) is 0 Å². The number of carbonyl (C=O) groups is 1. The van der Waals surface area contributed by atoms with Crippen molar-refractivity contribution in [1.82, 2.24) is 0 Å². The minimum atomic E-state index is -0.200. The number of anilines is 2. The SMILES string of the molecule is CN(C(=O)c1ccccc1NN)c1cccc(C#N)c1. The Kier molecular flexibility index (Phi) is 3.99. The van der Waals surface area contributed by atoms with E-state index in [1.807, 2.05) is 0 Å². The van der Waals surface area contributed by atoms with Crippen LogP contribution in [0.3, 0.4) is 0 Å². The zero-order valence-electron chi connectivity index (χ0n) is 11.0. The van der Waals surface area contributed by atoms with Gasteiger partial charge in [-0.2, -0.15) is 5.26 Å². The molecule has 0 radical (unpaired) electrons. The lowest BCUT2D eigenvalue weighted by molar-refractivity contribution is 0.0994. The first-order valence-corrected chi connectivity index (χ1v) is 6.01. The maximum atomic E-state index is 12.5. The Labute approximate surface area is 117 Å². The molecule has 2 aromatic rings. The Morgan fingerprint density at radius 3 is 2.70 bits per heavy atom. The summed E-state index contributed by atoms with van der Waals surface area (Å²) in [6.45, 7) is 0. The van der Waals surface area contributed by atoms with Gasteiger partial charge in [0.25, 0.3) is 5.91 Å². The number of carbonyl (C=O) groups excluding carboxylic acids is 1. The Bertz CT molecular complexity index is 676. The minimum Gasteiger partial charge on any atom is -0.323 e. The molecular weight excluding hydrogens is 252 g/mol. The van der Waals surface area contributed by atoms with Crippen LogP contribution in [0.1, 0.15) is 15.9 Å². The summed E-state index contributed by atoms with van der Waals surface area (Å²) in [6, 6.07) is 15.9. The van der Waals surface area contributed by atoms with E-state index in [4.69, 9.17) is 11.1 Å². The van der Waals surface area contributed by atoms with Crippen molar-refractivity contribution in [2.24, 2.45) is 5.84 Å². The van der Waals surface area contributed by atoms with E-state index < -0.39 is 0 Å². The topological polar surface area (TPSA) is 82.2 Å². The lowest BCUT2D eigenvalue weighted by atomic mass is 10.1. The van der Waals surface area contributed by atoms with Crippen molar-refractivity contribution in [3.8, 4) is 6.07 Å². The highest BCUT2D eigenvalue weighted by Crippen LogP contribution is 2.20. The molecule has 5 heteroatoms. The number of hydrogen-bond donors (Lipinski definition) is 2. The third kappa shape index (κ3) is 2.60. The van der Waals surface area contributed by atoms with Crippen LogP contribution in [0.2, 0.25) is 0 Å². The molecule has 5 nitrogen and oxygen atoms in total. The van der Waals surface area contributed by atoms with Crippen LogP contribution < -0.4 is 16.2 Å². The molecule has 20 heavy (non-hydrogen) atoms. The van der Waals surface area contributed by atoms with E-state index in [1.54, 1.807) is 55.6 Å². The van der Waals surface area contributed by atoms with E-state index in [1.165, 1.54) is 4.90 Å². The lowest BCUT2D eigenvalue weighted by Gasteiger charge is -2.19. The highest BCUT2D eigenvalue weighted by atomic mass is 16.2. The van der Waals surface area contributed by atoms with Crippen molar-refractivity contribution in [3.05, 3.63) is 59.7 Å². The van der Waals surface area contributed by atoms with Gasteiger partial charge in [0.05, 0.1) is 22.9 Å². The average molecular weight is 266 g/mol. The van der Waals surface area contributed by atoms with Crippen LogP contribution in [-0.2, 0) is 0 Å². The van der Waals surface area contributed by atoms with E-state index in [9.17, 15) is 4.79 Å². The summed E-state index contributed by atoms with van der Waals surface area (Å²) in [4.78, 5) is 14.0. The van der Waals surface area contributed by atoms with E-state index >= 15 is 0 Å². The summed E-state index contributed by atoms with van der Waals surface area (Å²) in [7, 11) is 1.66. The number of hydrogen-bond acceptors (Lipinski definition) is 4. The molecule has 2 aromatic carbocycles. The van der Waals surface area contributed by atoms with Gasteiger partial charge in [0.1, 0.15) is 0 Å². The van der Waals surface area contributed by atoms with Crippen LogP contribution in [0.5, 0.6) is 0 Å². The molecule has 0 spiro atoms. The number of hydrazine groups is 1. The monoisotopic (exact) mass is 266 g/mol. The molecule has 0 bridgehead atoms. The largest absolute Gasteiger partial charge is 0.323 e. The molecule has 0 aromatic heterocycles. The van der Waals surface area contributed by atoms with Crippen molar-refractivity contribution in [2.45, 2.75) is 0 Å². The molecule has 0 atom stereocenters. The van der Waals surface area contributed by atoms with Crippen LogP contribution in [0, 0.1) is 11.3 Å². The highest BCUT2D eigenvalue weighted by molar-refractivity contribution is 6.09. The first-order valence-electron chi connectivity index (χ1n) is 6.01. The van der Waals surface area contributed by atoms with Crippen molar-refractivity contribution >= 4 is 17.3 Å². The fraction of sp³-hybridized carbons (Fsp3) is 0.0667. The summed E-state index contributed by atoms with van der Waals surface area (Å²) in [5, 5.41) is 8.90. The summed E-state index contributed by atoms with van der Waals surface area (Å²) in [5.41, 5.74) is 4.69. The number of amides is 1. The molecule has 0 aliphatic heterocycles. The number of nitriles is 1. The number of nitrogens with one attached hydrogen (secondary N) is 1. The van der Waals surface area contributed by atoms with Crippen LogP contribution in [0.15, 0.2) is 48.5 Å². The second-order valence-electron chi connectivity index (χ2n) is 4.22. The van der Waals surface area contributed by atoms with Crippen molar-refractivity contribution in [1.29, 1.82) is 5.26 Å². The fourth-order valence-corrected chi connectivity index (χ4v) is 1.88. The van der Waals surface area contributed by atoms with Gasteiger partial charge in [-0.05, 0) is 30.3 Å². The Morgan fingerprint density at radius 2 is 2.00 bits per heavy atom. The second-order valence-corrected chi connectivity index (χ2v) is 4.22. The molecule has 0 saturated heterocycles. The first-order chi connectivity index (χ1) is 9.67. The van der Waals surface area contributed by atoms with Crippen LogP contribution in [0.25, 0.3) is 0 Å². The van der Waals surface area contributed by atoms with Crippen LogP contribution in [0.4, 0.5) is 11.4 Å². The number of nitrogens with zero attached hydrogens (tertiary/aromatic N) is 2. The number of benzene rings is 2. The molecule has 0 saturated carbocycles. The third-order valence-electron chi connectivity index (χ3n) is 2.98. The second kappa shape index (κ2) is 5.87. The maximum Gasteiger partial charge on any atom is 0.260 e. The fourth-order valence-electron chi connectivity index (χ4n) is 1.88. The Balaban J connectivity index is 2.35. The molecular formula is C15H14N4O. The number of nitrogen functional groups attached to an aromatic ring is 1. The van der Waals surface area contributed by atoms with E-state index in [0.29, 0.717) is 22.5 Å². The van der Waals surface area contributed by atoms with Crippen LogP contribution in [-0.4, -0.2) is 13.0 Å². The van der Waals surface area contributed by atoms with E-state index in [0.717, 1.165) is 0 Å². The standard InChI is InChI=1S/C15H14N4O/c1-19(12-6-4-5-11(9-12)10-16)15(20)13-7-2-3-8-14(13)18-17/h2-9,18H,17H2,1H3. The summed E-state index contributed by atoms with van der Waals surface area (Å²) in [5.74, 6) is 5.21. The predicted octanol–water partition coefficient (Wildman–Crippen LogP) is 2.12. The molecule has 2 rings (SSSR count). The molecule has 3 N–H and O–H groups in total. The smallest absolute Gasteiger partial charge is 0.260 e. The molecule has 1 amide bonds. The van der Waals surface area contributed by atoms with Crippen LogP contribution >= 0.6 is 0 Å². The average Bonchev–Trinajstić information content (AvgIpc) is 2.53. The van der Waals surface area contributed by atoms with Gasteiger partial charge < -0.3 is 10.3 Å². The highest BCUT2D eigenvalue weighted by Gasteiger charge is 2.16. The first kappa shape index (κ1) is 13.6. The summed E-state index contributed by atoms with van der Waals surface area (Å²) in [6.07, 6.45) is 0. The Hall–Kier alpha value is -2.84. The van der Waals surface area contributed by atoms with Gasteiger partial charge in [-0.25, -0.2) is 0 Å². The molecule has 100 valence electrons. The predicted molar refractivity (Wildman–Crippen MR) is 78.1 cm³/mol. The quantitative estimate of drug-likeness (QED) is 0.658. The summed E-state index contributed by atoms with van der Waals surface area (Å²) < 4.78 is 0. The molecule has 0 aliphatic rings. The van der Waals surface area contributed by atoms with Crippen molar-refractivity contribution in [3.63, 3.8) is 0 Å². The molecule has 0 unspecified atom stereocenters. The zero-order valence-corrected chi connectivity index (χ0v) is 11.0. The lowest BCUT2D eigenvalue weighted by Crippen LogP contribution is -2.27. The van der Waals surface area contributed by atoms with Gasteiger partial charge in [-0.1, -0.05) is 18.2 Å². The van der Waals surface area contributed by atoms with Gasteiger partial charge >= 0.3 is 0 Å². The number of nitrogens with two attached hydrogens (primary N) is 1. The van der Waals surface area contributed by atoms with Crippen molar-refractivity contribution < 1.29 is 4.79 Å². The summed E-state index contributed by atoms with van der Waals surface area (Å²) >= 11 is 0. The number of rotatable bonds is 3. The van der Waals surface area contributed by atoms with Gasteiger partial charge in [-0.3, -0.25) is 10.6 Å². The zero-order chi connectivity index (χ0) is 14.5. The van der Waals surface area contributed by atoms with Crippen molar-refractivity contribution in [2.75, 3.05) is 17.4 Å². The van der Waals surface area contributed by atoms with Gasteiger partial charge in [0.2, 0.25) is 0 Å². The maximum absolute atomic E-state index is 12.5. The molecule has 0 aliphatic carbocycles. The van der Waals surface area contributed by atoms with E-state index in [2.05, 4.69) is 11.5 Å². The van der Waals surface area contributed by atoms with Gasteiger partial charge in [0.15, 0.2) is 0 Å². The van der Waals surface area contributed by atoms with Gasteiger partial charge in [0, 0.05) is 12.7 Å². The Morgan fingerprint density at radius 1 is 1.25 bits per heavy atom. The number of para-hydroxylation sites is 1. The molecule has 0 heterocycles. The minimum absolute atomic E-state index is 0.200. The molecule has 0 fully saturated rings. The normalized spacial score (nSPS) is 9.65.